The number of benzene rings is 2. The highest BCUT2D eigenvalue weighted by atomic mass is 16.7. The Morgan fingerprint density at radius 2 is 2.00 bits per heavy atom. The van der Waals surface area contributed by atoms with Crippen molar-refractivity contribution < 1.29 is 9.47 Å². The molecule has 0 fully saturated rings. The number of ether oxygens (including phenoxy) is 2. The molecular weight excluding hydrogens is 300 g/mol. The van der Waals surface area contributed by atoms with E-state index in [2.05, 4.69) is 59.7 Å². The van der Waals surface area contributed by atoms with Crippen LogP contribution in [0.5, 0.6) is 11.5 Å². The average Bonchev–Trinajstić information content (AvgIpc) is 3.10. The SMILES string of the molecule is CN1CCc2c(ccc3c2OCO3)[C@H]1CNCCc1ccccc1. The van der Waals surface area contributed by atoms with Gasteiger partial charge in [-0.05, 0) is 43.6 Å². The van der Waals surface area contributed by atoms with Crippen LogP contribution < -0.4 is 14.8 Å². The molecule has 0 bridgehead atoms. The van der Waals surface area contributed by atoms with E-state index in [0.717, 1.165) is 44.0 Å². The van der Waals surface area contributed by atoms with Crippen LogP contribution in [0.2, 0.25) is 0 Å². The summed E-state index contributed by atoms with van der Waals surface area (Å²) < 4.78 is 11.2. The number of hydrogen-bond donors (Lipinski definition) is 1. The van der Waals surface area contributed by atoms with Crippen LogP contribution in [0.1, 0.15) is 22.7 Å². The fraction of sp³-hybridized carbons (Fsp3) is 0.400. The molecule has 0 saturated heterocycles. The lowest BCUT2D eigenvalue weighted by molar-refractivity contribution is 0.171. The molecule has 1 atom stereocenters. The first-order chi connectivity index (χ1) is 11.8. The highest BCUT2D eigenvalue weighted by Crippen LogP contribution is 2.42. The molecule has 2 aromatic carbocycles. The number of rotatable bonds is 5. The third-order valence-electron chi connectivity index (χ3n) is 5.05. The molecule has 0 spiro atoms. The Kier molecular flexibility index (Phi) is 4.41. The van der Waals surface area contributed by atoms with E-state index in [1.54, 1.807) is 0 Å². The second-order valence-corrected chi connectivity index (χ2v) is 6.55. The van der Waals surface area contributed by atoms with Gasteiger partial charge in [0.15, 0.2) is 11.5 Å². The fourth-order valence-corrected chi connectivity index (χ4v) is 3.68. The molecule has 0 unspecified atom stereocenters. The van der Waals surface area contributed by atoms with Gasteiger partial charge in [-0.15, -0.1) is 0 Å². The van der Waals surface area contributed by atoms with Crippen molar-refractivity contribution in [2.24, 2.45) is 0 Å². The van der Waals surface area contributed by atoms with Gasteiger partial charge in [0.25, 0.3) is 0 Å². The summed E-state index contributed by atoms with van der Waals surface area (Å²) in [6.45, 7) is 3.35. The van der Waals surface area contributed by atoms with Crippen molar-refractivity contribution in [3.05, 3.63) is 59.2 Å². The Hall–Kier alpha value is -2.04. The van der Waals surface area contributed by atoms with Crippen LogP contribution in [-0.4, -0.2) is 38.4 Å². The molecule has 4 heteroatoms. The predicted octanol–water partition coefficient (Wildman–Crippen LogP) is 2.78. The summed E-state index contributed by atoms with van der Waals surface area (Å²) >= 11 is 0. The van der Waals surface area contributed by atoms with E-state index in [0.29, 0.717) is 12.8 Å². The van der Waals surface area contributed by atoms with E-state index in [1.807, 2.05) is 0 Å². The van der Waals surface area contributed by atoms with Crippen LogP contribution in [-0.2, 0) is 12.8 Å². The molecule has 0 amide bonds. The van der Waals surface area contributed by atoms with E-state index < -0.39 is 0 Å². The van der Waals surface area contributed by atoms with Crippen LogP contribution in [0, 0.1) is 0 Å². The zero-order valence-electron chi connectivity index (χ0n) is 14.1. The summed E-state index contributed by atoms with van der Waals surface area (Å²) in [6.07, 6.45) is 2.09. The first kappa shape index (κ1) is 15.5. The van der Waals surface area contributed by atoms with Gasteiger partial charge in [0.2, 0.25) is 6.79 Å². The summed E-state index contributed by atoms with van der Waals surface area (Å²) in [7, 11) is 2.21. The van der Waals surface area contributed by atoms with E-state index in [4.69, 9.17) is 9.47 Å². The van der Waals surface area contributed by atoms with Gasteiger partial charge in [-0.2, -0.15) is 0 Å². The summed E-state index contributed by atoms with van der Waals surface area (Å²) in [4.78, 5) is 2.43. The summed E-state index contributed by atoms with van der Waals surface area (Å²) in [5, 5.41) is 3.63. The molecule has 4 nitrogen and oxygen atoms in total. The second kappa shape index (κ2) is 6.83. The van der Waals surface area contributed by atoms with E-state index in [-0.39, 0.29) is 0 Å². The third-order valence-corrected chi connectivity index (χ3v) is 5.05. The lowest BCUT2D eigenvalue weighted by Crippen LogP contribution is -2.38. The van der Waals surface area contributed by atoms with Gasteiger partial charge in [-0.25, -0.2) is 0 Å². The molecule has 24 heavy (non-hydrogen) atoms. The monoisotopic (exact) mass is 324 g/mol. The maximum absolute atomic E-state index is 5.70. The first-order valence-electron chi connectivity index (χ1n) is 8.69. The van der Waals surface area contributed by atoms with Gasteiger partial charge < -0.3 is 14.8 Å². The molecule has 2 aliphatic rings. The number of fused-ring (bicyclic) bond motifs is 3. The van der Waals surface area contributed by atoms with Crippen molar-refractivity contribution in [1.82, 2.24) is 10.2 Å². The average molecular weight is 324 g/mol. The number of nitrogens with one attached hydrogen (secondary N) is 1. The minimum Gasteiger partial charge on any atom is -0.454 e. The standard InChI is InChI=1S/C20H24N2O2/c1-22-12-10-17-16(7-8-19-20(17)24-14-23-19)18(22)13-21-11-9-15-5-3-2-4-6-15/h2-8,18,21H,9-14H2,1H3/t18-/m1/s1. The molecule has 1 N–H and O–H groups in total. The minimum absolute atomic E-state index is 0.349. The predicted molar refractivity (Wildman–Crippen MR) is 94.7 cm³/mol. The number of hydrogen-bond acceptors (Lipinski definition) is 4. The lowest BCUT2D eigenvalue weighted by Gasteiger charge is -2.35. The van der Waals surface area contributed by atoms with Crippen LogP contribution >= 0.6 is 0 Å². The Morgan fingerprint density at radius 1 is 1.12 bits per heavy atom. The molecule has 2 aliphatic heterocycles. The molecule has 0 saturated carbocycles. The van der Waals surface area contributed by atoms with Crippen molar-refractivity contribution >= 4 is 0 Å². The van der Waals surface area contributed by atoms with Crippen LogP contribution in [0.4, 0.5) is 0 Å². The number of nitrogens with zero attached hydrogens (tertiary/aromatic N) is 1. The van der Waals surface area contributed by atoms with Gasteiger partial charge in [-0.3, -0.25) is 4.90 Å². The van der Waals surface area contributed by atoms with Crippen molar-refractivity contribution in [3.8, 4) is 11.5 Å². The van der Waals surface area contributed by atoms with Gasteiger partial charge in [0.1, 0.15) is 0 Å². The zero-order chi connectivity index (χ0) is 16.4. The second-order valence-electron chi connectivity index (χ2n) is 6.55. The zero-order valence-corrected chi connectivity index (χ0v) is 14.1. The van der Waals surface area contributed by atoms with Gasteiger partial charge >= 0.3 is 0 Å². The van der Waals surface area contributed by atoms with E-state index in [1.165, 1.54) is 16.7 Å². The third kappa shape index (κ3) is 2.99. The Bertz CT molecular complexity index is 702. The van der Waals surface area contributed by atoms with Gasteiger partial charge in [0, 0.05) is 24.7 Å². The molecule has 0 aliphatic carbocycles. The van der Waals surface area contributed by atoms with E-state index >= 15 is 0 Å². The maximum Gasteiger partial charge on any atom is 0.231 e. The number of likely N-dealkylation sites (N-methyl/N-ethyl adjacent to an activating group) is 1. The largest absolute Gasteiger partial charge is 0.454 e. The van der Waals surface area contributed by atoms with Gasteiger partial charge in [0.05, 0.1) is 0 Å². The van der Waals surface area contributed by atoms with Crippen molar-refractivity contribution in [2.75, 3.05) is 33.5 Å². The summed E-state index contributed by atoms with van der Waals surface area (Å²) in [5.74, 6) is 1.86. The first-order valence-corrected chi connectivity index (χ1v) is 8.69. The molecule has 126 valence electrons. The maximum atomic E-state index is 5.70. The fourth-order valence-electron chi connectivity index (χ4n) is 3.68. The van der Waals surface area contributed by atoms with Crippen molar-refractivity contribution in [3.63, 3.8) is 0 Å². The molecule has 2 heterocycles. The van der Waals surface area contributed by atoms with Crippen LogP contribution in [0.3, 0.4) is 0 Å². The van der Waals surface area contributed by atoms with Crippen LogP contribution in [0.15, 0.2) is 42.5 Å². The minimum atomic E-state index is 0.349. The summed E-state index contributed by atoms with van der Waals surface area (Å²) in [6, 6.07) is 15.3. The lowest BCUT2D eigenvalue weighted by atomic mass is 9.91. The molecule has 4 rings (SSSR count). The normalized spacial score (nSPS) is 19.3. The van der Waals surface area contributed by atoms with Gasteiger partial charge in [-0.1, -0.05) is 36.4 Å². The highest BCUT2D eigenvalue weighted by Gasteiger charge is 2.30. The molecule has 2 aromatic rings. The Labute approximate surface area is 143 Å². The smallest absolute Gasteiger partial charge is 0.231 e. The Balaban J connectivity index is 1.42. The van der Waals surface area contributed by atoms with Crippen LogP contribution in [0.25, 0.3) is 0 Å². The molecule has 0 aromatic heterocycles. The summed E-state index contributed by atoms with van der Waals surface area (Å²) in [5.41, 5.74) is 4.09. The topological polar surface area (TPSA) is 33.7 Å². The van der Waals surface area contributed by atoms with Crippen molar-refractivity contribution in [2.45, 2.75) is 18.9 Å². The Morgan fingerprint density at radius 3 is 2.88 bits per heavy atom. The quantitative estimate of drug-likeness (QED) is 0.858. The molecule has 0 radical (unpaired) electrons. The highest BCUT2D eigenvalue weighted by molar-refractivity contribution is 5.54. The van der Waals surface area contributed by atoms with Crippen molar-refractivity contribution in [1.29, 1.82) is 0 Å². The van der Waals surface area contributed by atoms with E-state index in [9.17, 15) is 0 Å². The molecular formula is C20H24N2O2.